The molecule has 26 heavy (non-hydrogen) atoms. The molecule has 2 atom stereocenters. The highest BCUT2D eigenvalue weighted by atomic mass is 16.3. The maximum Gasteiger partial charge on any atom is 0.115 e. The SMILES string of the molecule is C[C@H]1CN(CCCNCC2CCCCC2)CC[C@]1(C)c1cccc(O)c1. The van der Waals surface area contributed by atoms with Crippen molar-refractivity contribution in [1.29, 1.82) is 0 Å². The third kappa shape index (κ3) is 5.01. The molecule has 2 fully saturated rings. The molecule has 1 saturated heterocycles. The van der Waals surface area contributed by atoms with E-state index in [0.29, 0.717) is 11.7 Å². The summed E-state index contributed by atoms with van der Waals surface area (Å²) in [6.45, 7) is 10.7. The fourth-order valence-corrected chi connectivity index (χ4v) is 4.94. The van der Waals surface area contributed by atoms with E-state index >= 15 is 0 Å². The normalized spacial score (nSPS) is 28.3. The van der Waals surface area contributed by atoms with Crippen molar-refractivity contribution in [1.82, 2.24) is 10.2 Å². The van der Waals surface area contributed by atoms with Gasteiger partial charge < -0.3 is 15.3 Å². The van der Waals surface area contributed by atoms with Gasteiger partial charge in [0.2, 0.25) is 0 Å². The lowest BCUT2D eigenvalue weighted by Gasteiger charge is -2.45. The van der Waals surface area contributed by atoms with Crippen molar-refractivity contribution in [3.05, 3.63) is 29.8 Å². The lowest BCUT2D eigenvalue weighted by molar-refractivity contribution is 0.110. The summed E-state index contributed by atoms with van der Waals surface area (Å²) in [4.78, 5) is 2.64. The summed E-state index contributed by atoms with van der Waals surface area (Å²) in [5.41, 5.74) is 1.47. The minimum Gasteiger partial charge on any atom is -0.508 e. The van der Waals surface area contributed by atoms with Crippen molar-refractivity contribution in [3.63, 3.8) is 0 Å². The van der Waals surface area contributed by atoms with Crippen LogP contribution in [0.4, 0.5) is 0 Å². The third-order valence-corrected chi connectivity index (χ3v) is 7.06. The van der Waals surface area contributed by atoms with Crippen molar-refractivity contribution < 1.29 is 5.11 Å². The summed E-state index contributed by atoms with van der Waals surface area (Å²) in [5.74, 6) is 1.93. The molecule has 1 aliphatic heterocycles. The number of phenolic OH excluding ortho intramolecular Hbond substituents is 1. The molecule has 1 aromatic rings. The number of rotatable bonds is 7. The molecule has 1 aliphatic carbocycles. The van der Waals surface area contributed by atoms with Crippen LogP contribution in [0.1, 0.15) is 64.4 Å². The number of piperidine rings is 1. The van der Waals surface area contributed by atoms with Gasteiger partial charge in [-0.05, 0) is 86.8 Å². The van der Waals surface area contributed by atoms with E-state index in [1.54, 1.807) is 6.07 Å². The first-order valence-electron chi connectivity index (χ1n) is 10.8. The second-order valence-electron chi connectivity index (χ2n) is 8.98. The number of hydrogen-bond acceptors (Lipinski definition) is 3. The van der Waals surface area contributed by atoms with E-state index in [2.05, 4.69) is 30.1 Å². The lowest BCUT2D eigenvalue weighted by atomic mass is 9.68. The highest BCUT2D eigenvalue weighted by Crippen LogP contribution is 2.40. The molecule has 1 aromatic carbocycles. The molecule has 0 bridgehead atoms. The number of hydrogen-bond donors (Lipinski definition) is 2. The highest BCUT2D eigenvalue weighted by Gasteiger charge is 2.37. The van der Waals surface area contributed by atoms with Crippen LogP contribution in [-0.4, -0.2) is 42.7 Å². The van der Waals surface area contributed by atoms with Gasteiger partial charge >= 0.3 is 0 Å². The Morgan fingerprint density at radius 3 is 2.77 bits per heavy atom. The van der Waals surface area contributed by atoms with Crippen LogP contribution in [0.5, 0.6) is 5.75 Å². The van der Waals surface area contributed by atoms with Crippen molar-refractivity contribution in [2.24, 2.45) is 11.8 Å². The summed E-state index contributed by atoms with van der Waals surface area (Å²) < 4.78 is 0. The van der Waals surface area contributed by atoms with Gasteiger partial charge in [-0.2, -0.15) is 0 Å². The molecule has 0 amide bonds. The smallest absolute Gasteiger partial charge is 0.115 e. The topological polar surface area (TPSA) is 35.5 Å². The number of nitrogens with one attached hydrogen (secondary N) is 1. The van der Waals surface area contributed by atoms with Gasteiger partial charge in [-0.25, -0.2) is 0 Å². The molecular formula is C23H38N2O. The molecular weight excluding hydrogens is 320 g/mol. The Morgan fingerprint density at radius 2 is 2.04 bits per heavy atom. The summed E-state index contributed by atoms with van der Waals surface area (Å²) in [6, 6.07) is 7.89. The van der Waals surface area contributed by atoms with E-state index in [1.807, 2.05) is 12.1 Å². The third-order valence-electron chi connectivity index (χ3n) is 7.06. The van der Waals surface area contributed by atoms with Crippen molar-refractivity contribution in [2.75, 3.05) is 32.7 Å². The van der Waals surface area contributed by atoms with Crippen LogP contribution in [0.25, 0.3) is 0 Å². The highest BCUT2D eigenvalue weighted by molar-refractivity contribution is 5.33. The molecule has 2 N–H and O–H groups in total. The Labute approximate surface area is 160 Å². The summed E-state index contributed by atoms with van der Waals surface area (Å²) in [5, 5.41) is 13.5. The van der Waals surface area contributed by atoms with E-state index < -0.39 is 0 Å². The average Bonchev–Trinajstić information content (AvgIpc) is 2.65. The molecule has 0 aromatic heterocycles. The zero-order valence-corrected chi connectivity index (χ0v) is 16.8. The molecule has 1 heterocycles. The predicted octanol–water partition coefficient (Wildman–Crippen LogP) is 4.55. The first-order chi connectivity index (χ1) is 12.6. The van der Waals surface area contributed by atoms with Gasteiger partial charge in [-0.15, -0.1) is 0 Å². The largest absolute Gasteiger partial charge is 0.508 e. The van der Waals surface area contributed by atoms with Gasteiger partial charge in [0.15, 0.2) is 0 Å². The van der Waals surface area contributed by atoms with E-state index in [0.717, 1.165) is 19.0 Å². The molecule has 0 spiro atoms. The standard InChI is InChI=1S/C23H38N2O/c1-19-18-25(14-7-13-24-17-20-8-4-3-5-9-20)15-12-23(19,2)21-10-6-11-22(26)16-21/h6,10-11,16,19-20,24,26H,3-5,7-9,12-15,17-18H2,1-2H3/t19-,23-/m0/s1. The molecule has 0 radical (unpaired) electrons. The van der Waals surface area contributed by atoms with Gasteiger partial charge in [0.1, 0.15) is 5.75 Å². The monoisotopic (exact) mass is 358 g/mol. The Bertz CT molecular complexity index is 555. The summed E-state index contributed by atoms with van der Waals surface area (Å²) in [7, 11) is 0. The van der Waals surface area contributed by atoms with Gasteiger partial charge in [0, 0.05) is 6.54 Å². The minimum absolute atomic E-state index is 0.175. The fourth-order valence-electron chi connectivity index (χ4n) is 4.94. The zero-order chi connectivity index (χ0) is 18.4. The second-order valence-corrected chi connectivity index (χ2v) is 8.98. The summed E-state index contributed by atoms with van der Waals surface area (Å²) in [6.07, 6.45) is 9.63. The first-order valence-corrected chi connectivity index (χ1v) is 10.8. The van der Waals surface area contributed by atoms with Gasteiger partial charge in [-0.1, -0.05) is 45.2 Å². The van der Waals surface area contributed by atoms with E-state index in [9.17, 15) is 5.11 Å². The Morgan fingerprint density at radius 1 is 1.23 bits per heavy atom. The van der Waals surface area contributed by atoms with Crippen LogP contribution in [-0.2, 0) is 5.41 Å². The zero-order valence-electron chi connectivity index (χ0n) is 16.8. The van der Waals surface area contributed by atoms with Gasteiger partial charge in [0.25, 0.3) is 0 Å². The van der Waals surface area contributed by atoms with Crippen LogP contribution in [0.15, 0.2) is 24.3 Å². The maximum absolute atomic E-state index is 9.84. The number of phenols is 1. The Kier molecular flexibility index (Phi) is 6.99. The molecule has 3 rings (SSSR count). The van der Waals surface area contributed by atoms with Crippen LogP contribution in [0.2, 0.25) is 0 Å². The maximum atomic E-state index is 9.84. The van der Waals surface area contributed by atoms with Crippen LogP contribution >= 0.6 is 0 Å². The molecule has 146 valence electrons. The number of benzene rings is 1. The van der Waals surface area contributed by atoms with E-state index in [4.69, 9.17) is 0 Å². The molecule has 1 saturated carbocycles. The number of aromatic hydroxyl groups is 1. The molecule has 3 nitrogen and oxygen atoms in total. The number of nitrogens with zero attached hydrogens (tertiary/aromatic N) is 1. The predicted molar refractivity (Wildman–Crippen MR) is 110 cm³/mol. The molecule has 2 aliphatic rings. The Hall–Kier alpha value is -1.06. The second kappa shape index (κ2) is 9.23. The minimum atomic E-state index is 0.175. The van der Waals surface area contributed by atoms with Gasteiger partial charge in [-0.3, -0.25) is 0 Å². The molecule has 3 heteroatoms. The molecule has 0 unspecified atom stereocenters. The van der Waals surface area contributed by atoms with Crippen molar-refractivity contribution >= 4 is 0 Å². The van der Waals surface area contributed by atoms with Gasteiger partial charge in [0.05, 0.1) is 0 Å². The quantitative estimate of drug-likeness (QED) is 0.702. The van der Waals surface area contributed by atoms with E-state index in [1.165, 1.54) is 70.1 Å². The van der Waals surface area contributed by atoms with Crippen molar-refractivity contribution in [2.45, 2.75) is 64.2 Å². The fraction of sp³-hybridized carbons (Fsp3) is 0.739. The van der Waals surface area contributed by atoms with Crippen LogP contribution in [0.3, 0.4) is 0 Å². The van der Waals surface area contributed by atoms with Crippen LogP contribution in [0, 0.1) is 11.8 Å². The Balaban J connectivity index is 1.38. The summed E-state index contributed by atoms with van der Waals surface area (Å²) >= 11 is 0. The first kappa shape index (κ1) is 19.7. The van der Waals surface area contributed by atoms with E-state index in [-0.39, 0.29) is 5.41 Å². The lowest BCUT2D eigenvalue weighted by Crippen LogP contribution is -2.47. The average molecular weight is 359 g/mol. The number of likely N-dealkylation sites (tertiary alicyclic amines) is 1. The van der Waals surface area contributed by atoms with Crippen molar-refractivity contribution in [3.8, 4) is 5.75 Å². The van der Waals surface area contributed by atoms with Crippen LogP contribution < -0.4 is 5.32 Å².